The summed E-state index contributed by atoms with van der Waals surface area (Å²) in [5.74, 6) is 0.470. The zero-order valence-electron chi connectivity index (χ0n) is 14.4. The third kappa shape index (κ3) is 4.98. The number of methoxy groups -OCH3 is 1. The zero-order valence-corrected chi connectivity index (χ0v) is 16.7. The molecule has 1 aliphatic heterocycles. The Labute approximate surface area is 166 Å². The first kappa shape index (κ1) is 19.2. The van der Waals surface area contributed by atoms with Crippen molar-refractivity contribution in [2.75, 3.05) is 38.7 Å². The van der Waals surface area contributed by atoms with E-state index in [1.165, 1.54) is 0 Å². The van der Waals surface area contributed by atoms with Gasteiger partial charge in [0.05, 0.1) is 32.1 Å². The molecule has 1 heterocycles. The van der Waals surface area contributed by atoms with E-state index in [9.17, 15) is 4.79 Å². The van der Waals surface area contributed by atoms with Gasteiger partial charge in [-0.2, -0.15) is 0 Å². The lowest BCUT2D eigenvalue weighted by Crippen LogP contribution is -2.42. The molecular weight excluding hydrogens is 420 g/mol. The van der Waals surface area contributed by atoms with Crippen molar-refractivity contribution in [1.29, 1.82) is 0 Å². The van der Waals surface area contributed by atoms with E-state index in [2.05, 4.69) is 26.1 Å². The van der Waals surface area contributed by atoms with Crippen LogP contribution in [0.3, 0.4) is 0 Å². The molecule has 0 spiro atoms. The van der Waals surface area contributed by atoms with Crippen molar-refractivity contribution >= 4 is 39.1 Å². The summed E-state index contributed by atoms with van der Waals surface area (Å²) >= 11 is 9.50. The van der Waals surface area contributed by atoms with E-state index in [-0.39, 0.29) is 18.6 Å². The number of nitrogens with zero attached hydrogens (tertiary/aromatic N) is 1. The zero-order chi connectivity index (χ0) is 18.5. The van der Waals surface area contributed by atoms with Crippen LogP contribution in [0.2, 0.25) is 5.02 Å². The third-order valence-electron chi connectivity index (χ3n) is 4.17. The number of ether oxygens (including phenoxy) is 2. The minimum atomic E-state index is -0.111. The quantitative estimate of drug-likeness (QED) is 0.761. The van der Waals surface area contributed by atoms with Crippen molar-refractivity contribution < 1.29 is 14.3 Å². The first-order chi connectivity index (χ1) is 12.5. The number of benzene rings is 2. The number of nitrogens with one attached hydrogen (secondary N) is 1. The van der Waals surface area contributed by atoms with Gasteiger partial charge in [-0.15, -0.1) is 0 Å². The smallest absolute Gasteiger partial charge is 0.238 e. The number of hydrogen-bond donors (Lipinski definition) is 1. The van der Waals surface area contributed by atoms with Crippen LogP contribution in [0.15, 0.2) is 46.9 Å². The summed E-state index contributed by atoms with van der Waals surface area (Å²) in [6.45, 7) is 2.25. The second-order valence-corrected chi connectivity index (χ2v) is 7.39. The molecule has 3 rings (SSSR count). The Morgan fingerprint density at radius 1 is 1.38 bits per heavy atom. The molecule has 5 nitrogen and oxygen atoms in total. The number of halogens is 2. The molecule has 0 bridgehead atoms. The SMILES string of the molecule is COc1ccc(Cl)cc1NC(=O)CN1CCOC(c2cccc(Br)c2)C1. The van der Waals surface area contributed by atoms with E-state index in [0.29, 0.717) is 36.2 Å². The molecule has 0 aromatic heterocycles. The van der Waals surface area contributed by atoms with Crippen molar-refractivity contribution in [3.63, 3.8) is 0 Å². The van der Waals surface area contributed by atoms with Crippen LogP contribution in [0, 0.1) is 0 Å². The highest BCUT2D eigenvalue weighted by atomic mass is 79.9. The molecule has 1 N–H and O–H groups in total. The molecule has 1 atom stereocenters. The minimum absolute atomic E-state index is 0.0465. The van der Waals surface area contributed by atoms with Crippen molar-refractivity contribution in [2.24, 2.45) is 0 Å². The van der Waals surface area contributed by atoms with E-state index in [0.717, 1.165) is 10.0 Å². The summed E-state index contributed by atoms with van der Waals surface area (Å²) < 4.78 is 12.2. The van der Waals surface area contributed by atoms with Gasteiger partial charge in [0, 0.05) is 22.6 Å². The molecule has 26 heavy (non-hydrogen) atoms. The molecule has 1 amide bonds. The van der Waals surface area contributed by atoms with Gasteiger partial charge in [-0.1, -0.05) is 39.7 Å². The number of carbonyl (C=O) groups excluding carboxylic acids is 1. The van der Waals surface area contributed by atoms with Crippen LogP contribution in [0.25, 0.3) is 0 Å². The fourth-order valence-electron chi connectivity index (χ4n) is 2.93. The van der Waals surface area contributed by atoms with E-state index < -0.39 is 0 Å². The first-order valence-corrected chi connectivity index (χ1v) is 9.45. The molecule has 138 valence electrons. The van der Waals surface area contributed by atoms with Crippen molar-refractivity contribution in [1.82, 2.24) is 4.90 Å². The summed E-state index contributed by atoms with van der Waals surface area (Å²) in [6.07, 6.45) is -0.0465. The maximum absolute atomic E-state index is 12.5. The summed E-state index contributed by atoms with van der Waals surface area (Å²) in [4.78, 5) is 14.5. The molecule has 0 saturated carbocycles. The molecule has 1 saturated heterocycles. The van der Waals surface area contributed by atoms with Gasteiger partial charge in [0.25, 0.3) is 0 Å². The molecule has 0 radical (unpaired) electrons. The van der Waals surface area contributed by atoms with Gasteiger partial charge in [-0.3, -0.25) is 9.69 Å². The third-order valence-corrected chi connectivity index (χ3v) is 4.90. The molecule has 0 aliphatic carbocycles. The van der Waals surface area contributed by atoms with Gasteiger partial charge in [0.15, 0.2) is 0 Å². The largest absolute Gasteiger partial charge is 0.495 e. The Balaban J connectivity index is 1.61. The van der Waals surface area contributed by atoms with Gasteiger partial charge in [-0.05, 0) is 35.9 Å². The van der Waals surface area contributed by atoms with Crippen LogP contribution in [0.5, 0.6) is 5.75 Å². The number of hydrogen-bond acceptors (Lipinski definition) is 4. The predicted octanol–water partition coefficient (Wildman–Crippen LogP) is 4.12. The van der Waals surface area contributed by atoms with E-state index in [1.807, 2.05) is 24.3 Å². The van der Waals surface area contributed by atoms with Crippen LogP contribution < -0.4 is 10.1 Å². The number of carbonyl (C=O) groups is 1. The average Bonchev–Trinajstić information content (AvgIpc) is 2.62. The van der Waals surface area contributed by atoms with Crippen LogP contribution >= 0.6 is 27.5 Å². The van der Waals surface area contributed by atoms with Gasteiger partial charge < -0.3 is 14.8 Å². The maximum atomic E-state index is 12.5. The van der Waals surface area contributed by atoms with E-state index >= 15 is 0 Å². The Morgan fingerprint density at radius 3 is 3.00 bits per heavy atom. The topological polar surface area (TPSA) is 50.8 Å². The van der Waals surface area contributed by atoms with Gasteiger partial charge in [-0.25, -0.2) is 0 Å². The summed E-state index contributed by atoms with van der Waals surface area (Å²) in [6, 6.07) is 13.2. The Kier molecular flexibility index (Phi) is 6.53. The summed E-state index contributed by atoms with van der Waals surface area (Å²) in [7, 11) is 1.56. The fourth-order valence-corrected chi connectivity index (χ4v) is 3.51. The highest BCUT2D eigenvalue weighted by molar-refractivity contribution is 9.10. The lowest BCUT2D eigenvalue weighted by molar-refractivity contribution is -0.119. The molecule has 7 heteroatoms. The lowest BCUT2D eigenvalue weighted by atomic mass is 10.1. The second-order valence-electron chi connectivity index (χ2n) is 6.04. The second kappa shape index (κ2) is 8.86. The minimum Gasteiger partial charge on any atom is -0.495 e. The van der Waals surface area contributed by atoms with Crippen LogP contribution in [-0.2, 0) is 9.53 Å². The normalized spacial score (nSPS) is 17.7. The molecule has 1 unspecified atom stereocenters. The Bertz CT molecular complexity index is 787. The van der Waals surface area contributed by atoms with Gasteiger partial charge in [0.1, 0.15) is 5.75 Å². The average molecular weight is 440 g/mol. The number of anilines is 1. The maximum Gasteiger partial charge on any atom is 0.238 e. The van der Waals surface area contributed by atoms with Gasteiger partial charge in [0.2, 0.25) is 5.91 Å². The predicted molar refractivity (Wildman–Crippen MR) is 106 cm³/mol. The Hall–Kier alpha value is -1.60. The van der Waals surface area contributed by atoms with Crippen LogP contribution in [0.4, 0.5) is 5.69 Å². The van der Waals surface area contributed by atoms with Crippen molar-refractivity contribution in [2.45, 2.75) is 6.10 Å². The first-order valence-electron chi connectivity index (χ1n) is 8.28. The van der Waals surface area contributed by atoms with E-state index in [1.54, 1.807) is 25.3 Å². The summed E-state index contributed by atoms with van der Waals surface area (Å²) in [5, 5.41) is 3.42. The van der Waals surface area contributed by atoms with Crippen LogP contribution in [-0.4, -0.2) is 44.2 Å². The summed E-state index contributed by atoms with van der Waals surface area (Å²) in [5.41, 5.74) is 1.67. The number of rotatable bonds is 5. The Morgan fingerprint density at radius 2 is 2.23 bits per heavy atom. The highest BCUT2D eigenvalue weighted by Crippen LogP contribution is 2.28. The molecular formula is C19H20BrClN2O3. The highest BCUT2D eigenvalue weighted by Gasteiger charge is 2.24. The molecule has 2 aromatic carbocycles. The standard InChI is InChI=1S/C19H20BrClN2O3/c1-25-17-6-5-15(21)10-16(17)22-19(24)12-23-7-8-26-18(11-23)13-3-2-4-14(20)9-13/h2-6,9-10,18H,7-8,11-12H2,1H3,(H,22,24). The van der Waals surface area contributed by atoms with Crippen molar-refractivity contribution in [3.05, 3.63) is 57.5 Å². The lowest BCUT2D eigenvalue weighted by Gasteiger charge is -2.32. The van der Waals surface area contributed by atoms with E-state index in [4.69, 9.17) is 21.1 Å². The number of amides is 1. The monoisotopic (exact) mass is 438 g/mol. The van der Waals surface area contributed by atoms with Crippen LogP contribution in [0.1, 0.15) is 11.7 Å². The fraction of sp³-hybridized carbons (Fsp3) is 0.316. The van der Waals surface area contributed by atoms with Gasteiger partial charge >= 0.3 is 0 Å². The number of morpholine rings is 1. The molecule has 2 aromatic rings. The van der Waals surface area contributed by atoms with Crippen molar-refractivity contribution in [3.8, 4) is 5.75 Å². The molecule has 1 aliphatic rings. The molecule has 1 fully saturated rings.